The fraction of sp³-hybridized carbons (Fsp3) is 0. The number of benzene rings is 2. The Kier molecular flexibility index (Phi) is 3.24. The lowest BCUT2D eigenvalue weighted by Crippen LogP contribution is -2.03. The topological polar surface area (TPSA) is 0 Å². The molecule has 0 aliphatic rings. The Balaban J connectivity index is 2.45. The van der Waals surface area contributed by atoms with Gasteiger partial charge in [-0.3, -0.25) is 0 Å². The van der Waals surface area contributed by atoms with Crippen LogP contribution in [-0.4, -0.2) is 4.86 Å². The van der Waals surface area contributed by atoms with Crippen LogP contribution in [0.25, 0.3) is 0 Å². The molecule has 0 saturated carbocycles. The molecular weight excluding hydrogens is 245 g/mol. The van der Waals surface area contributed by atoms with E-state index in [-0.39, 0.29) is 10.4 Å². The SMILES string of the molecule is Fc1cc(C(=S)c2ccccc2)cc(F)c1F. The minimum absolute atomic E-state index is 0.155. The lowest BCUT2D eigenvalue weighted by Gasteiger charge is -2.05. The molecule has 0 aliphatic heterocycles. The average Bonchev–Trinajstić information content (AvgIpc) is 2.35. The van der Waals surface area contributed by atoms with Crippen molar-refractivity contribution in [2.45, 2.75) is 0 Å². The third-order valence-corrected chi connectivity index (χ3v) is 2.75. The molecule has 0 bridgehead atoms. The Hall–Kier alpha value is -1.68. The highest BCUT2D eigenvalue weighted by molar-refractivity contribution is 7.81. The van der Waals surface area contributed by atoms with Gasteiger partial charge in [0.05, 0.1) is 4.86 Å². The van der Waals surface area contributed by atoms with E-state index in [1.165, 1.54) is 0 Å². The van der Waals surface area contributed by atoms with E-state index in [0.717, 1.165) is 12.1 Å². The van der Waals surface area contributed by atoms with Crippen LogP contribution in [0.3, 0.4) is 0 Å². The van der Waals surface area contributed by atoms with Gasteiger partial charge in [-0.05, 0) is 23.3 Å². The highest BCUT2D eigenvalue weighted by Gasteiger charge is 2.13. The smallest absolute Gasteiger partial charge is 0.194 e. The normalized spacial score (nSPS) is 10.3. The molecule has 0 nitrogen and oxygen atoms in total. The van der Waals surface area contributed by atoms with Crippen molar-refractivity contribution in [3.05, 3.63) is 71.0 Å². The summed E-state index contributed by atoms with van der Waals surface area (Å²) in [4.78, 5) is 0.281. The molecule has 0 unspecified atom stereocenters. The zero-order chi connectivity index (χ0) is 12.4. The number of hydrogen-bond donors (Lipinski definition) is 0. The van der Waals surface area contributed by atoms with Gasteiger partial charge in [0.15, 0.2) is 17.5 Å². The Morgan fingerprint density at radius 2 is 1.35 bits per heavy atom. The summed E-state index contributed by atoms with van der Waals surface area (Å²) in [5.74, 6) is -3.96. The number of hydrogen-bond acceptors (Lipinski definition) is 1. The number of halogens is 3. The summed E-state index contributed by atoms with van der Waals surface area (Å²) in [7, 11) is 0. The van der Waals surface area contributed by atoms with Crippen molar-refractivity contribution in [3.63, 3.8) is 0 Å². The van der Waals surface area contributed by atoms with Gasteiger partial charge < -0.3 is 0 Å². The van der Waals surface area contributed by atoms with E-state index in [2.05, 4.69) is 0 Å². The molecular formula is C13H7F3S. The largest absolute Gasteiger partial charge is 0.204 e. The molecule has 4 heteroatoms. The summed E-state index contributed by atoms with van der Waals surface area (Å²) < 4.78 is 38.9. The highest BCUT2D eigenvalue weighted by atomic mass is 32.1. The van der Waals surface area contributed by atoms with E-state index in [0.29, 0.717) is 5.56 Å². The molecule has 0 spiro atoms. The molecule has 0 atom stereocenters. The predicted octanol–water partition coefficient (Wildman–Crippen LogP) is 3.87. The fourth-order valence-electron chi connectivity index (χ4n) is 1.44. The van der Waals surface area contributed by atoms with Crippen LogP contribution in [0.15, 0.2) is 42.5 Å². The molecule has 0 aromatic heterocycles. The van der Waals surface area contributed by atoms with Crippen LogP contribution in [0.2, 0.25) is 0 Å². The predicted molar refractivity (Wildman–Crippen MR) is 63.6 cm³/mol. The average molecular weight is 252 g/mol. The van der Waals surface area contributed by atoms with Crippen LogP contribution in [0.4, 0.5) is 13.2 Å². The van der Waals surface area contributed by atoms with Crippen molar-refractivity contribution in [1.82, 2.24) is 0 Å². The number of thiocarbonyl (C=S) groups is 1. The molecule has 0 fully saturated rings. The van der Waals surface area contributed by atoms with Crippen molar-refractivity contribution >= 4 is 17.1 Å². The Morgan fingerprint density at radius 1 is 0.824 bits per heavy atom. The van der Waals surface area contributed by atoms with E-state index < -0.39 is 17.5 Å². The van der Waals surface area contributed by atoms with E-state index in [9.17, 15) is 13.2 Å². The third-order valence-electron chi connectivity index (χ3n) is 2.28. The summed E-state index contributed by atoms with van der Waals surface area (Å²) in [6, 6.07) is 10.6. The molecule has 17 heavy (non-hydrogen) atoms. The highest BCUT2D eigenvalue weighted by Crippen LogP contribution is 2.17. The molecule has 0 saturated heterocycles. The molecule has 0 aliphatic carbocycles. The standard InChI is InChI=1S/C13H7F3S/c14-10-6-9(7-11(15)12(10)16)13(17)8-4-2-1-3-5-8/h1-7H. The molecule has 2 rings (SSSR count). The van der Waals surface area contributed by atoms with Crippen LogP contribution >= 0.6 is 12.2 Å². The van der Waals surface area contributed by atoms with Crippen molar-refractivity contribution in [3.8, 4) is 0 Å². The van der Waals surface area contributed by atoms with Crippen molar-refractivity contribution in [2.24, 2.45) is 0 Å². The molecule has 2 aromatic carbocycles. The van der Waals surface area contributed by atoms with Crippen LogP contribution in [0.1, 0.15) is 11.1 Å². The molecule has 2 aromatic rings. The van der Waals surface area contributed by atoms with Crippen LogP contribution in [0.5, 0.6) is 0 Å². The minimum Gasteiger partial charge on any atom is -0.204 e. The lowest BCUT2D eigenvalue weighted by molar-refractivity contribution is 0.447. The second kappa shape index (κ2) is 4.67. The minimum atomic E-state index is -1.48. The zero-order valence-electron chi connectivity index (χ0n) is 8.58. The van der Waals surface area contributed by atoms with Crippen LogP contribution < -0.4 is 0 Å². The summed E-state index contributed by atoms with van der Waals surface area (Å²) >= 11 is 5.09. The van der Waals surface area contributed by atoms with Crippen molar-refractivity contribution < 1.29 is 13.2 Å². The first kappa shape index (κ1) is 11.8. The van der Waals surface area contributed by atoms with Gasteiger partial charge in [0.2, 0.25) is 0 Å². The van der Waals surface area contributed by atoms with Crippen molar-refractivity contribution in [2.75, 3.05) is 0 Å². The summed E-state index contributed by atoms with van der Waals surface area (Å²) in [5, 5.41) is 0. The first-order valence-corrected chi connectivity index (χ1v) is 5.24. The maximum absolute atomic E-state index is 13.0. The Morgan fingerprint density at radius 3 is 1.88 bits per heavy atom. The van der Waals surface area contributed by atoms with Gasteiger partial charge in [0.25, 0.3) is 0 Å². The second-order valence-corrected chi connectivity index (χ2v) is 3.86. The van der Waals surface area contributed by atoms with E-state index in [1.807, 2.05) is 0 Å². The lowest BCUT2D eigenvalue weighted by atomic mass is 10.0. The van der Waals surface area contributed by atoms with Gasteiger partial charge in [-0.25, -0.2) is 13.2 Å². The van der Waals surface area contributed by atoms with Crippen LogP contribution in [-0.2, 0) is 0 Å². The van der Waals surface area contributed by atoms with E-state index >= 15 is 0 Å². The van der Waals surface area contributed by atoms with E-state index in [1.54, 1.807) is 30.3 Å². The van der Waals surface area contributed by atoms with Gasteiger partial charge in [-0.2, -0.15) is 0 Å². The van der Waals surface area contributed by atoms with Gasteiger partial charge in [-0.1, -0.05) is 42.5 Å². The van der Waals surface area contributed by atoms with Gasteiger partial charge in [0, 0.05) is 0 Å². The van der Waals surface area contributed by atoms with Gasteiger partial charge in [-0.15, -0.1) is 0 Å². The zero-order valence-corrected chi connectivity index (χ0v) is 9.40. The monoisotopic (exact) mass is 252 g/mol. The molecule has 0 radical (unpaired) electrons. The number of rotatable bonds is 2. The first-order chi connectivity index (χ1) is 8.09. The molecule has 0 N–H and O–H groups in total. The van der Waals surface area contributed by atoms with Gasteiger partial charge in [0.1, 0.15) is 0 Å². The van der Waals surface area contributed by atoms with Crippen molar-refractivity contribution in [1.29, 1.82) is 0 Å². The Labute approximate surface area is 102 Å². The summed E-state index contributed by atoms with van der Waals surface area (Å²) in [5.41, 5.74) is 0.815. The maximum Gasteiger partial charge on any atom is 0.194 e. The third kappa shape index (κ3) is 2.36. The van der Waals surface area contributed by atoms with Gasteiger partial charge >= 0.3 is 0 Å². The summed E-state index contributed by atoms with van der Waals surface area (Å²) in [6.45, 7) is 0. The molecule has 0 amide bonds. The van der Waals surface area contributed by atoms with Crippen LogP contribution in [0, 0.1) is 17.5 Å². The Bertz CT molecular complexity index is 541. The fourth-order valence-corrected chi connectivity index (χ4v) is 1.70. The van der Waals surface area contributed by atoms with E-state index in [4.69, 9.17) is 12.2 Å². The molecule has 86 valence electrons. The first-order valence-electron chi connectivity index (χ1n) is 4.84. The second-order valence-electron chi connectivity index (χ2n) is 3.45. The molecule has 0 heterocycles. The maximum atomic E-state index is 13.0. The summed E-state index contributed by atoms with van der Waals surface area (Å²) in [6.07, 6.45) is 0. The quantitative estimate of drug-likeness (QED) is 0.444.